The van der Waals surface area contributed by atoms with E-state index in [0.717, 1.165) is 32.6 Å². The fourth-order valence-electron chi connectivity index (χ4n) is 3.50. The normalized spacial score (nSPS) is 15.7. The number of primary amides is 1. The summed E-state index contributed by atoms with van der Waals surface area (Å²) in [6.07, 6.45) is 0.434. The van der Waals surface area contributed by atoms with Gasteiger partial charge in [-0.3, -0.25) is 4.90 Å². The van der Waals surface area contributed by atoms with Gasteiger partial charge in [0.15, 0.2) is 0 Å². The summed E-state index contributed by atoms with van der Waals surface area (Å²) in [6.45, 7) is 6.52. The Morgan fingerprint density at radius 1 is 1.14 bits per heavy atom. The molecule has 1 aliphatic rings. The number of ether oxygens (including phenoxy) is 1. The highest BCUT2D eigenvalue weighted by Gasteiger charge is 2.20. The average molecular weight is 399 g/mol. The number of aliphatic hydroxyl groups is 1. The third-order valence-corrected chi connectivity index (χ3v) is 5.13. The molecule has 0 saturated carbocycles. The first kappa shape index (κ1) is 21.0. The van der Waals surface area contributed by atoms with E-state index in [4.69, 9.17) is 10.5 Å². The molecule has 0 radical (unpaired) electrons. The summed E-state index contributed by atoms with van der Waals surface area (Å²) in [5.74, 6) is 0.491. The van der Waals surface area contributed by atoms with E-state index in [9.17, 15) is 9.90 Å². The number of nitrogens with one attached hydrogen (secondary N) is 1. The molecule has 3 rings (SSSR count). The van der Waals surface area contributed by atoms with Gasteiger partial charge in [-0.15, -0.1) is 0 Å². The molecule has 29 heavy (non-hydrogen) atoms. The molecule has 0 aliphatic carbocycles. The van der Waals surface area contributed by atoms with Crippen LogP contribution < -0.4 is 20.7 Å². The molecule has 1 heterocycles. The van der Waals surface area contributed by atoms with Crippen LogP contribution in [-0.4, -0.2) is 61.5 Å². The summed E-state index contributed by atoms with van der Waals surface area (Å²) >= 11 is 0. The molecule has 1 fully saturated rings. The highest BCUT2D eigenvalue weighted by atomic mass is 16.5. The molecule has 4 N–H and O–H groups in total. The van der Waals surface area contributed by atoms with E-state index >= 15 is 0 Å². The van der Waals surface area contributed by atoms with E-state index in [1.165, 1.54) is 11.3 Å². The topological polar surface area (TPSA) is 91.1 Å². The number of aryl methyl sites for hydroxylation is 1. The molecule has 7 heteroatoms. The molecule has 2 aromatic carbocycles. The van der Waals surface area contributed by atoms with Crippen LogP contribution in [0.4, 0.5) is 16.2 Å². The molecule has 0 aromatic heterocycles. The van der Waals surface area contributed by atoms with Gasteiger partial charge in [-0.2, -0.15) is 0 Å². The van der Waals surface area contributed by atoms with Crippen molar-refractivity contribution in [3.05, 3.63) is 54.1 Å². The maximum Gasteiger partial charge on any atom is 0.316 e. The van der Waals surface area contributed by atoms with E-state index in [1.54, 1.807) is 24.3 Å². The third kappa shape index (κ3) is 6.10. The van der Waals surface area contributed by atoms with Crippen molar-refractivity contribution < 1.29 is 14.6 Å². The van der Waals surface area contributed by atoms with Gasteiger partial charge < -0.3 is 25.8 Å². The van der Waals surface area contributed by atoms with Crippen molar-refractivity contribution in [2.24, 2.45) is 5.73 Å². The van der Waals surface area contributed by atoms with Crippen molar-refractivity contribution in [2.45, 2.75) is 19.4 Å². The number of para-hydroxylation sites is 2. The van der Waals surface area contributed by atoms with E-state index in [0.29, 0.717) is 18.0 Å². The van der Waals surface area contributed by atoms with Gasteiger partial charge in [0.1, 0.15) is 18.5 Å². The van der Waals surface area contributed by atoms with Gasteiger partial charge in [0.05, 0.1) is 5.69 Å². The van der Waals surface area contributed by atoms with Gasteiger partial charge >= 0.3 is 6.03 Å². The second kappa shape index (κ2) is 10.1. The number of carbonyl (C=O) groups excluding carboxylic acids is 1. The van der Waals surface area contributed by atoms with Crippen molar-refractivity contribution in [3.63, 3.8) is 0 Å². The van der Waals surface area contributed by atoms with Gasteiger partial charge in [-0.25, -0.2) is 4.79 Å². The lowest BCUT2D eigenvalue weighted by molar-refractivity contribution is 0.0665. The van der Waals surface area contributed by atoms with Crippen molar-refractivity contribution in [1.82, 2.24) is 4.90 Å². The van der Waals surface area contributed by atoms with Crippen LogP contribution >= 0.6 is 0 Å². The number of nitrogens with zero attached hydrogens (tertiary/aromatic N) is 2. The number of carbonyl (C=O) groups is 1. The number of rotatable bonds is 8. The van der Waals surface area contributed by atoms with E-state index < -0.39 is 12.1 Å². The minimum Gasteiger partial charge on any atom is -0.489 e. The first-order chi connectivity index (χ1) is 14.0. The fraction of sp³-hybridized carbons (Fsp3) is 0.409. The number of amides is 2. The summed E-state index contributed by atoms with van der Waals surface area (Å²) in [5, 5.41) is 12.9. The lowest BCUT2D eigenvalue weighted by atomic mass is 10.1. The molecule has 1 saturated heterocycles. The summed E-state index contributed by atoms with van der Waals surface area (Å²) in [5.41, 5.74) is 8.27. The zero-order valence-corrected chi connectivity index (χ0v) is 16.9. The zero-order valence-electron chi connectivity index (χ0n) is 16.9. The number of aliphatic hydroxyl groups excluding tert-OH is 1. The second-order valence-corrected chi connectivity index (χ2v) is 7.26. The van der Waals surface area contributed by atoms with Crippen LogP contribution in [0.3, 0.4) is 0 Å². The predicted molar refractivity (Wildman–Crippen MR) is 116 cm³/mol. The minimum absolute atomic E-state index is 0.149. The minimum atomic E-state index is -0.649. The first-order valence-corrected chi connectivity index (χ1v) is 10.1. The Morgan fingerprint density at radius 3 is 2.48 bits per heavy atom. The zero-order chi connectivity index (χ0) is 20.6. The SMILES string of the molecule is CCc1ccc(N2CCN(CC(O)COc3ccccc3NC(N)=O)CC2)cc1. The number of anilines is 2. The van der Waals surface area contributed by atoms with Crippen LogP contribution in [0, 0.1) is 0 Å². The van der Waals surface area contributed by atoms with Gasteiger partial charge in [0.25, 0.3) is 0 Å². The van der Waals surface area contributed by atoms with Crippen LogP contribution in [0.1, 0.15) is 12.5 Å². The molecule has 7 nitrogen and oxygen atoms in total. The standard InChI is InChI=1S/C22H30N4O3/c1-2-17-7-9-18(10-8-17)26-13-11-25(12-14-26)15-19(27)16-29-21-6-4-3-5-20(21)24-22(23)28/h3-10,19,27H,2,11-16H2,1H3,(H3,23,24,28). The van der Waals surface area contributed by atoms with Crippen LogP contribution in [0.2, 0.25) is 0 Å². The molecule has 2 aromatic rings. The predicted octanol–water partition coefficient (Wildman–Crippen LogP) is 2.30. The molecule has 1 atom stereocenters. The molecule has 1 aliphatic heterocycles. The Hall–Kier alpha value is -2.77. The maximum absolute atomic E-state index is 11.1. The van der Waals surface area contributed by atoms with Crippen LogP contribution in [-0.2, 0) is 6.42 Å². The maximum atomic E-state index is 11.1. The number of benzene rings is 2. The van der Waals surface area contributed by atoms with Gasteiger partial charge in [-0.05, 0) is 36.2 Å². The molecule has 0 bridgehead atoms. The molecular formula is C22H30N4O3. The Morgan fingerprint density at radius 2 is 1.83 bits per heavy atom. The lowest BCUT2D eigenvalue weighted by Crippen LogP contribution is -2.49. The summed E-state index contributed by atoms with van der Waals surface area (Å²) in [4.78, 5) is 15.7. The number of piperazine rings is 1. The largest absolute Gasteiger partial charge is 0.489 e. The highest BCUT2D eigenvalue weighted by Crippen LogP contribution is 2.24. The van der Waals surface area contributed by atoms with Crippen molar-refractivity contribution in [3.8, 4) is 5.75 Å². The van der Waals surface area contributed by atoms with Crippen molar-refractivity contribution >= 4 is 17.4 Å². The quantitative estimate of drug-likeness (QED) is 0.635. The first-order valence-electron chi connectivity index (χ1n) is 10.1. The number of urea groups is 1. The monoisotopic (exact) mass is 398 g/mol. The summed E-state index contributed by atoms with van der Waals surface area (Å²) in [7, 11) is 0. The van der Waals surface area contributed by atoms with Crippen molar-refractivity contribution in [1.29, 1.82) is 0 Å². The molecule has 1 unspecified atom stereocenters. The summed E-state index contributed by atoms with van der Waals surface area (Å²) < 4.78 is 5.70. The molecule has 156 valence electrons. The van der Waals surface area contributed by atoms with Crippen LogP contribution in [0.5, 0.6) is 5.75 Å². The number of hydrogen-bond donors (Lipinski definition) is 3. The third-order valence-electron chi connectivity index (χ3n) is 5.13. The second-order valence-electron chi connectivity index (χ2n) is 7.26. The van der Waals surface area contributed by atoms with Crippen LogP contribution in [0.25, 0.3) is 0 Å². The number of β-amino-alcohol motifs (C(OH)–C–C–N with tert-alkyl or cyclic N) is 1. The Bertz CT molecular complexity index is 789. The Kier molecular flexibility index (Phi) is 7.32. The van der Waals surface area contributed by atoms with Crippen molar-refractivity contribution in [2.75, 3.05) is 49.5 Å². The number of nitrogens with two attached hydrogens (primary N) is 1. The fourth-order valence-corrected chi connectivity index (χ4v) is 3.50. The molecule has 2 amide bonds. The van der Waals surface area contributed by atoms with Gasteiger partial charge in [0.2, 0.25) is 0 Å². The summed E-state index contributed by atoms with van der Waals surface area (Å²) in [6, 6.07) is 15.1. The average Bonchev–Trinajstić information content (AvgIpc) is 2.73. The van der Waals surface area contributed by atoms with Gasteiger partial charge in [0, 0.05) is 38.4 Å². The molecular weight excluding hydrogens is 368 g/mol. The van der Waals surface area contributed by atoms with Gasteiger partial charge in [-0.1, -0.05) is 31.2 Å². The Balaban J connectivity index is 1.44. The molecule has 0 spiro atoms. The van der Waals surface area contributed by atoms with Crippen LogP contribution in [0.15, 0.2) is 48.5 Å². The smallest absolute Gasteiger partial charge is 0.316 e. The lowest BCUT2D eigenvalue weighted by Gasteiger charge is -2.37. The van der Waals surface area contributed by atoms with E-state index in [1.807, 2.05) is 0 Å². The van der Waals surface area contributed by atoms with E-state index in [-0.39, 0.29) is 6.61 Å². The highest BCUT2D eigenvalue weighted by molar-refractivity contribution is 5.89. The number of hydrogen-bond acceptors (Lipinski definition) is 5. The Labute approximate surface area is 172 Å². The van der Waals surface area contributed by atoms with E-state index in [2.05, 4.69) is 46.3 Å².